The van der Waals surface area contributed by atoms with Crippen molar-refractivity contribution < 1.29 is 38.1 Å². The van der Waals surface area contributed by atoms with Crippen molar-refractivity contribution in [2.24, 2.45) is 62.3 Å². The Morgan fingerprint density at radius 2 is 1.82 bits per heavy atom. The highest BCUT2D eigenvalue weighted by molar-refractivity contribution is 5.97. The van der Waals surface area contributed by atoms with Crippen LogP contribution in [0.25, 0.3) is 0 Å². The highest BCUT2D eigenvalue weighted by Gasteiger charge is 2.82. The minimum absolute atomic E-state index is 0.128. The second kappa shape index (κ2) is 10.8. The Labute approximate surface area is 262 Å². The predicted molar refractivity (Wildman–Crippen MR) is 163 cm³/mol. The minimum Gasteiger partial charge on any atom is -0.462 e. The molecular formula is C35H53NO8. The Bertz CT molecular complexity index is 1230. The largest absolute Gasteiger partial charge is 0.462 e. The van der Waals surface area contributed by atoms with Gasteiger partial charge < -0.3 is 28.5 Å². The SMILES string of the molecule is COCC1C(C)COC1(OC)[C@H](OC(C)=O)C1[C@@H](OC(C)=O)C[C@@]2(C)[C@@H]3CC[C@H]4[C@H](C)/C(=N/OC)C=C[C@@]45C[C@@]35CC[C@]12C. The second-order valence-corrected chi connectivity index (χ2v) is 15.4. The number of hydrogen-bond acceptors (Lipinski definition) is 9. The maximum absolute atomic E-state index is 12.9. The summed E-state index contributed by atoms with van der Waals surface area (Å²) in [5.41, 5.74) is 0.951. The summed E-state index contributed by atoms with van der Waals surface area (Å²) in [5.74, 6) is -0.938. The number of fused-ring (bicyclic) bond motifs is 2. The Morgan fingerprint density at radius 3 is 2.45 bits per heavy atom. The molecule has 44 heavy (non-hydrogen) atoms. The van der Waals surface area contributed by atoms with Gasteiger partial charge >= 0.3 is 11.9 Å². The number of hydrogen-bond donors (Lipinski definition) is 0. The first-order valence-corrected chi connectivity index (χ1v) is 16.6. The highest BCUT2D eigenvalue weighted by Crippen LogP contribution is 2.87. The van der Waals surface area contributed by atoms with E-state index in [2.05, 4.69) is 45.0 Å². The summed E-state index contributed by atoms with van der Waals surface area (Å²) in [6.45, 7) is 13.0. The molecule has 0 aromatic heterocycles. The van der Waals surface area contributed by atoms with Gasteiger partial charge in [0, 0.05) is 45.8 Å². The Morgan fingerprint density at radius 1 is 1.07 bits per heavy atom. The average molecular weight is 616 g/mol. The molecule has 6 aliphatic rings. The molecular weight excluding hydrogens is 562 g/mol. The summed E-state index contributed by atoms with van der Waals surface area (Å²) < 4.78 is 31.1. The summed E-state index contributed by atoms with van der Waals surface area (Å²) in [7, 11) is 4.93. The van der Waals surface area contributed by atoms with Gasteiger partial charge in [0.05, 0.1) is 18.9 Å². The van der Waals surface area contributed by atoms with Crippen LogP contribution in [0.5, 0.6) is 0 Å². The van der Waals surface area contributed by atoms with E-state index in [1.165, 1.54) is 20.3 Å². The van der Waals surface area contributed by atoms with Crippen molar-refractivity contribution in [1.29, 1.82) is 0 Å². The van der Waals surface area contributed by atoms with Crippen molar-refractivity contribution in [3.8, 4) is 0 Å². The van der Waals surface area contributed by atoms with E-state index in [1.54, 1.807) is 21.3 Å². The number of rotatable bonds is 8. The molecule has 5 fully saturated rings. The van der Waals surface area contributed by atoms with E-state index >= 15 is 0 Å². The van der Waals surface area contributed by atoms with Gasteiger partial charge in [-0.2, -0.15) is 0 Å². The standard InChI is InChI=1S/C35H53NO8/c1-20-17-42-35(40-8,25(20)18-39-7)30(44-23(4)38)29-27(43-22(3)37)16-32(6)28-11-10-24-21(2)26(36-41-9)12-13-33(24)19-34(28,33)15-14-31(29,32)5/h12-13,20-21,24-25,27-30H,10-11,14-19H2,1-9H3/b36-26+/t20?,21-,24-,25?,27-,28-,29?,30+,31+,32-,33+,34-,35?/m0/s1. The number of allylic oxidation sites excluding steroid dienone is 2. The van der Waals surface area contributed by atoms with Gasteiger partial charge in [-0.3, -0.25) is 9.59 Å². The van der Waals surface area contributed by atoms with Gasteiger partial charge in [-0.1, -0.05) is 38.9 Å². The fourth-order valence-electron chi connectivity index (χ4n) is 12.0. The molecule has 246 valence electrons. The average Bonchev–Trinajstić information content (AvgIpc) is 3.44. The third-order valence-electron chi connectivity index (χ3n) is 14.0. The van der Waals surface area contributed by atoms with E-state index in [4.69, 9.17) is 28.5 Å². The topological polar surface area (TPSA) is 102 Å². The van der Waals surface area contributed by atoms with E-state index in [0.29, 0.717) is 31.0 Å². The van der Waals surface area contributed by atoms with Crippen LogP contribution in [0.4, 0.5) is 0 Å². The molecule has 0 amide bonds. The normalized spacial score (nSPS) is 50.2. The van der Waals surface area contributed by atoms with Crippen molar-refractivity contribution in [1.82, 2.24) is 0 Å². The van der Waals surface area contributed by atoms with E-state index in [-0.39, 0.29) is 45.4 Å². The van der Waals surface area contributed by atoms with Gasteiger partial charge in [-0.15, -0.1) is 0 Å². The lowest BCUT2D eigenvalue weighted by molar-refractivity contribution is -0.301. The zero-order valence-corrected chi connectivity index (χ0v) is 28.1. The van der Waals surface area contributed by atoms with Gasteiger partial charge in [-0.25, -0.2) is 0 Å². The third-order valence-corrected chi connectivity index (χ3v) is 14.0. The van der Waals surface area contributed by atoms with Gasteiger partial charge in [-0.05, 0) is 84.0 Å². The lowest BCUT2D eigenvalue weighted by Gasteiger charge is -2.61. The molecule has 0 bridgehead atoms. The van der Waals surface area contributed by atoms with Crippen molar-refractivity contribution in [2.45, 2.75) is 98.1 Å². The molecule has 1 saturated heterocycles. The molecule has 0 aromatic carbocycles. The van der Waals surface area contributed by atoms with Crippen LogP contribution in [0, 0.1) is 57.2 Å². The molecule has 4 saturated carbocycles. The van der Waals surface area contributed by atoms with Crippen LogP contribution in [0.15, 0.2) is 17.3 Å². The molecule has 9 nitrogen and oxygen atoms in total. The number of nitrogens with zero attached hydrogens (tertiary/aromatic N) is 1. The van der Waals surface area contributed by atoms with Crippen LogP contribution in [0.3, 0.4) is 0 Å². The first kappa shape index (κ1) is 32.0. The maximum Gasteiger partial charge on any atom is 0.303 e. The van der Waals surface area contributed by atoms with Crippen LogP contribution in [-0.4, -0.2) is 70.2 Å². The fourth-order valence-corrected chi connectivity index (χ4v) is 12.0. The van der Waals surface area contributed by atoms with Crippen LogP contribution in [-0.2, 0) is 38.1 Å². The molecule has 1 aliphatic heterocycles. The molecule has 6 rings (SSSR count). The smallest absolute Gasteiger partial charge is 0.303 e. The lowest BCUT2D eigenvalue weighted by Crippen LogP contribution is -2.62. The van der Waals surface area contributed by atoms with Crippen LogP contribution in [0.1, 0.15) is 80.1 Å². The first-order chi connectivity index (χ1) is 20.8. The maximum atomic E-state index is 12.9. The number of oxime groups is 1. The highest BCUT2D eigenvalue weighted by atomic mass is 16.7. The van der Waals surface area contributed by atoms with Crippen LogP contribution >= 0.6 is 0 Å². The molecule has 1 heterocycles. The van der Waals surface area contributed by atoms with Crippen molar-refractivity contribution >= 4 is 17.7 Å². The first-order valence-electron chi connectivity index (χ1n) is 16.6. The minimum atomic E-state index is -1.22. The Hall–Kier alpha value is -1.97. The number of esters is 2. The molecule has 13 atom stereocenters. The van der Waals surface area contributed by atoms with E-state index < -0.39 is 24.0 Å². The zero-order valence-electron chi connectivity index (χ0n) is 28.1. The summed E-state index contributed by atoms with van der Waals surface area (Å²) in [4.78, 5) is 30.8. The molecule has 2 spiro atoms. The Kier molecular flexibility index (Phi) is 7.85. The molecule has 0 N–H and O–H groups in total. The van der Waals surface area contributed by atoms with Crippen molar-refractivity contribution in [2.75, 3.05) is 34.5 Å². The number of ether oxygens (including phenoxy) is 5. The zero-order chi connectivity index (χ0) is 31.9. The van der Waals surface area contributed by atoms with Crippen molar-refractivity contribution in [3.63, 3.8) is 0 Å². The van der Waals surface area contributed by atoms with Gasteiger partial charge in [0.2, 0.25) is 5.79 Å². The van der Waals surface area contributed by atoms with Crippen LogP contribution in [0.2, 0.25) is 0 Å². The number of methoxy groups -OCH3 is 2. The monoisotopic (exact) mass is 615 g/mol. The third kappa shape index (κ3) is 4.09. The number of carbonyl (C=O) groups excluding carboxylic acids is 2. The van der Waals surface area contributed by atoms with Crippen molar-refractivity contribution in [3.05, 3.63) is 12.2 Å². The summed E-state index contributed by atoms with van der Waals surface area (Å²) >= 11 is 0. The van der Waals surface area contributed by atoms with E-state index in [0.717, 1.165) is 37.8 Å². The lowest BCUT2D eigenvalue weighted by atomic mass is 9.43. The van der Waals surface area contributed by atoms with Gasteiger partial charge in [0.15, 0.2) is 6.10 Å². The molecule has 9 heteroatoms. The Balaban J connectivity index is 1.44. The summed E-state index contributed by atoms with van der Waals surface area (Å²) in [6, 6.07) is 0. The van der Waals surface area contributed by atoms with E-state index in [1.807, 2.05) is 0 Å². The molecule has 5 aliphatic carbocycles. The summed E-state index contributed by atoms with van der Waals surface area (Å²) in [5, 5.41) is 4.36. The van der Waals surface area contributed by atoms with E-state index in [9.17, 15) is 9.59 Å². The predicted octanol–water partition coefficient (Wildman–Crippen LogP) is 5.56. The van der Waals surface area contributed by atoms with Gasteiger partial charge in [0.1, 0.15) is 13.2 Å². The number of carbonyl (C=O) groups is 2. The quantitative estimate of drug-likeness (QED) is 0.259. The summed E-state index contributed by atoms with van der Waals surface area (Å²) in [6.07, 6.45) is 9.65. The van der Waals surface area contributed by atoms with Gasteiger partial charge in [0.25, 0.3) is 0 Å². The fraction of sp³-hybridized carbons (Fsp3) is 0.857. The molecule has 4 unspecified atom stereocenters. The second-order valence-electron chi connectivity index (χ2n) is 15.4. The van der Waals surface area contributed by atoms with Crippen LogP contribution < -0.4 is 0 Å². The molecule has 0 aromatic rings. The molecule has 0 radical (unpaired) electrons.